The second-order valence-corrected chi connectivity index (χ2v) is 4.20. The van der Waals surface area contributed by atoms with Gasteiger partial charge < -0.3 is 10.6 Å². The second-order valence-electron chi connectivity index (χ2n) is 4.20. The lowest BCUT2D eigenvalue weighted by Gasteiger charge is -2.20. The molecule has 0 bridgehead atoms. The highest BCUT2D eigenvalue weighted by Crippen LogP contribution is 2.05. The van der Waals surface area contributed by atoms with Gasteiger partial charge in [-0.1, -0.05) is 0 Å². The maximum Gasteiger partial charge on any atom is 0.244 e. The fourth-order valence-electron chi connectivity index (χ4n) is 1.79. The number of nitrogens with two attached hydrogens (primary N) is 1. The van der Waals surface area contributed by atoms with Crippen molar-refractivity contribution in [3.05, 3.63) is 42.4 Å². The van der Waals surface area contributed by atoms with Gasteiger partial charge in [-0.3, -0.25) is 14.5 Å². The number of carbonyl (C=O) groups excluding carboxylic acids is 1. The Morgan fingerprint density at radius 3 is 2.68 bits per heavy atom. The van der Waals surface area contributed by atoms with Gasteiger partial charge in [0.2, 0.25) is 5.91 Å². The third-order valence-electron chi connectivity index (χ3n) is 2.82. The van der Waals surface area contributed by atoms with Crippen LogP contribution in [0.25, 0.3) is 0 Å². The van der Waals surface area contributed by atoms with Gasteiger partial charge in [-0.15, -0.1) is 0 Å². The number of rotatable bonds is 5. The molecule has 0 aromatic carbocycles. The number of nitrogens with zero attached hydrogens (tertiary/aromatic N) is 4. The normalized spacial score (nSPS) is 10.4. The third-order valence-corrected chi connectivity index (χ3v) is 2.82. The Morgan fingerprint density at radius 1 is 1.37 bits per heavy atom. The van der Waals surface area contributed by atoms with E-state index in [2.05, 4.69) is 10.1 Å². The Kier molecular flexibility index (Phi) is 4.12. The van der Waals surface area contributed by atoms with E-state index in [1.54, 1.807) is 34.2 Å². The lowest BCUT2D eigenvalue weighted by molar-refractivity contribution is -0.132. The molecule has 0 spiro atoms. The van der Waals surface area contributed by atoms with E-state index in [-0.39, 0.29) is 12.5 Å². The first-order valence-corrected chi connectivity index (χ1v) is 6.14. The van der Waals surface area contributed by atoms with Gasteiger partial charge in [-0.05, 0) is 30.7 Å². The van der Waals surface area contributed by atoms with Crippen LogP contribution in [0, 0.1) is 0 Å². The molecule has 2 N–H and O–H groups in total. The van der Waals surface area contributed by atoms with Crippen LogP contribution in [-0.2, 0) is 17.9 Å². The average Bonchev–Trinajstić information content (AvgIpc) is 2.82. The van der Waals surface area contributed by atoms with E-state index < -0.39 is 0 Å². The van der Waals surface area contributed by atoms with Gasteiger partial charge in [0.25, 0.3) is 0 Å². The molecule has 0 aliphatic carbocycles. The maximum atomic E-state index is 12.2. The first-order chi connectivity index (χ1) is 9.19. The average molecular weight is 259 g/mol. The summed E-state index contributed by atoms with van der Waals surface area (Å²) in [6, 6.07) is 5.48. The van der Waals surface area contributed by atoms with Crippen LogP contribution in [0.15, 0.2) is 36.8 Å². The highest BCUT2D eigenvalue weighted by atomic mass is 16.2. The van der Waals surface area contributed by atoms with Crippen molar-refractivity contribution in [2.75, 3.05) is 12.3 Å². The van der Waals surface area contributed by atoms with Crippen molar-refractivity contribution in [3.63, 3.8) is 0 Å². The van der Waals surface area contributed by atoms with E-state index in [0.717, 1.165) is 5.56 Å². The molecule has 19 heavy (non-hydrogen) atoms. The van der Waals surface area contributed by atoms with Crippen LogP contribution in [0.4, 0.5) is 5.82 Å². The fraction of sp³-hybridized carbons (Fsp3) is 0.308. The Hall–Kier alpha value is -2.37. The monoisotopic (exact) mass is 259 g/mol. The Bertz CT molecular complexity index is 537. The van der Waals surface area contributed by atoms with E-state index in [1.165, 1.54) is 0 Å². The Labute approximate surface area is 111 Å². The summed E-state index contributed by atoms with van der Waals surface area (Å²) < 4.78 is 1.55. The molecule has 0 saturated carbocycles. The molecule has 0 fully saturated rings. The van der Waals surface area contributed by atoms with E-state index in [0.29, 0.717) is 18.9 Å². The summed E-state index contributed by atoms with van der Waals surface area (Å²) >= 11 is 0. The molecule has 1 amide bonds. The molecule has 6 heteroatoms. The van der Waals surface area contributed by atoms with Gasteiger partial charge >= 0.3 is 0 Å². The number of amides is 1. The molecule has 0 atom stereocenters. The van der Waals surface area contributed by atoms with Crippen LogP contribution in [0.3, 0.4) is 0 Å². The van der Waals surface area contributed by atoms with Crippen molar-refractivity contribution >= 4 is 11.7 Å². The minimum absolute atomic E-state index is 0.0161. The van der Waals surface area contributed by atoms with Gasteiger partial charge in [-0.2, -0.15) is 5.10 Å². The number of nitrogen functional groups attached to an aromatic ring is 1. The maximum absolute atomic E-state index is 12.2. The summed E-state index contributed by atoms with van der Waals surface area (Å²) in [6.45, 7) is 3.39. The lowest BCUT2D eigenvalue weighted by atomic mass is 10.2. The molecule has 0 aliphatic heterocycles. The van der Waals surface area contributed by atoms with Crippen molar-refractivity contribution < 1.29 is 4.79 Å². The Balaban J connectivity index is 1.99. The number of aromatic nitrogens is 3. The summed E-state index contributed by atoms with van der Waals surface area (Å²) in [5.41, 5.74) is 6.58. The topological polar surface area (TPSA) is 77.0 Å². The predicted octanol–water partition coefficient (Wildman–Crippen LogP) is 0.909. The molecule has 0 saturated heterocycles. The van der Waals surface area contributed by atoms with E-state index >= 15 is 0 Å². The zero-order valence-electron chi connectivity index (χ0n) is 10.9. The van der Waals surface area contributed by atoms with Crippen LogP contribution < -0.4 is 5.73 Å². The van der Waals surface area contributed by atoms with Gasteiger partial charge in [0.05, 0.1) is 0 Å². The van der Waals surface area contributed by atoms with Gasteiger partial charge in [0.15, 0.2) is 0 Å². The van der Waals surface area contributed by atoms with Crippen LogP contribution in [-0.4, -0.2) is 32.1 Å². The van der Waals surface area contributed by atoms with Crippen molar-refractivity contribution in [3.8, 4) is 0 Å². The minimum atomic E-state index is 0.0161. The number of carbonyl (C=O) groups is 1. The van der Waals surface area contributed by atoms with Crippen molar-refractivity contribution in [2.24, 2.45) is 0 Å². The molecular weight excluding hydrogens is 242 g/mol. The summed E-state index contributed by atoms with van der Waals surface area (Å²) in [4.78, 5) is 17.9. The second kappa shape index (κ2) is 5.99. The summed E-state index contributed by atoms with van der Waals surface area (Å²) in [6.07, 6.45) is 5.15. The number of likely N-dealkylation sites (N-methyl/N-ethyl adjacent to an activating group) is 1. The number of hydrogen-bond acceptors (Lipinski definition) is 4. The fourth-order valence-corrected chi connectivity index (χ4v) is 1.79. The molecule has 6 nitrogen and oxygen atoms in total. The summed E-state index contributed by atoms with van der Waals surface area (Å²) in [7, 11) is 0. The lowest BCUT2D eigenvalue weighted by Crippen LogP contribution is -2.33. The Morgan fingerprint density at radius 2 is 2.11 bits per heavy atom. The molecule has 2 rings (SSSR count). The molecule has 2 aromatic heterocycles. The van der Waals surface area contributed by atoms with Crippen LogP contribution in [0.1, 0.15) is 12.5 Å². The SMILES string of the molecule is CCN(Cc1ccncc1)C(=O)Cn1ccc(N)n1. The quantitative estimate of drug-likeness (QED) is 0.865. The van der Waals surface area contributed by atoms with Crippen molar-refractivity contribution in [1.29, 1.82) is 0 Å². The zero-order chi connectivity index (χ0) is 13.7. The first-order valence-electron chi connectivity index (χ1n) is 6.14. The molecular formula is C13H17N5O. The third kappa shape index (κ3) is 3.54. The van der Waals surface area contributed by atoms with E-state index in [1.807, 2.05) is 19.1 Å². The van der Waals surface area contributed by atoms with Gasteiger partial charge in [0, 0.05) is 31.7 Å². The summed E-state index contributed by atoms with van der Waals surface area (Å²) in [5.74, 6) is 0.437. The standard InChI is InChI=1S/C13H17N5O/c1-2-17(9-11-3-6-15-7-4-11)13(19)10-18-8-5-12(14)16-18/h3-8H,2,9-10H2,1H3,(H2,14,16). The minimum Gasteiger partial charge on any atom is -0.382 e. The molecule has 2 heterocycles. The number of hydrogen-bond donors (Lipinski definition) is 1. The highest BCUT2D eigenvalue weighted by molar-refractivity contribution is 5.75. The van der Waals surface area contributed by atoms with Crippen LogP contribution >= 0.6 is 0 Å². The molecule has 0 radical (unpaired) electrons. The molecule has 0 unspecified atom stereocenters. The first kappa shape index (κ1) is 13.1. The van der Waals surface area contributed by atoms with Crippen LogP contribution in [0.2, 0.25) is 0 Å². The van der Waals surface area contributed by atoms with E-state index in [4.69, 9.17) is 5.73 Å². The van der Waals surface area contributed by atoms with Gasteiger partial charge in [-0.25, -0.2) is 0 Å². The highest BCUT2D eigenvalue weighted by Gasteiger charge is 2.13. The summed E-state index contributed by atoms with van der Waals surface area (Å²) in [5, 5.41) is 4.01. The smallest absolute Gasteiger partial charge is 0.244 e. The predicted molar refractivity (Wildman–Crippen MR) is 72.0 cm³/mol. The number of anilines is 1. The molecule has 2 aromatic rings. The van der Waals surface area contributed by atoms with Crippen molar-refractivity contribution in [1.82, 2.24) is 19.7 Å². The largest absolute Gasteiger partial charge is 0.382 e. The molecule has 100 valence electrons. The zero-order valence-corrected chi connectivity index (χ0v) is 10.9. The van der Waals surface area contributed by atoms with Gasteiger partial charge in [0.1, 0.15) is 12.4 Å². The van der Waals surface area contributed by atoms with Crippen molar-refractivity contribution in [2.45, 2.75) is 20.0 Å². The molecule has 0 aliphatic rings. The van der Waals surface area contributed by atoms with Crippen LogP contribution in [0.5, 0.6) is 0 Å². The number of pyridine rings is 1. The van der Waals surface area contributed by atoms with E-state index in [9.17, 15) is 4.79 Å².